The van der Waals surface area contributed by atoms with Crippen molar-refractivity contribution < 1.29 is 9.53 Å². The molecule has 0 aliphatic heterocycles. The zero-order chi connectivity index (χ0) is 43.0. The fourth-order valence-electron chi connectivity index (χ4n) is 8.95. The monoisotopic (exact) mass is 830 g/mol. The second-order valence-electron chi connectivity index (χ2n) is 18.3. The molecule has 2 N–H and O–H groups in total. The summed E-state index contributed by atoms with van der Waals surface area (Å²) in [4.78, 5) is 39.3. The van der Waals surface area contributed by atoms with Crippen LogP contribution < -0.4 is 21.5 Å². The molecule has 7 nitrogen and oxygen atoms in total. The van der Waals surface area contributed by atoms with Crippen LogP contribution in [0.4, 0.5) is 11.4 Å². The minimum absolute atomic E-state index is 0.0197. The summed E-state index contributed by atoms with van der Waals surface area (Å²) in [5.41, 5.74) is 0.0596. The third-order valence-electron chi connectivity index (χ3n) is 12.8. The van der Waals surface area contributed by atoms with E-state index in [0.717, 1.165) is 64.1 Å². The van der Waals surface area contributed by atoms with E-state index >= 15 is 0 Å². The molecule has 0 saturated carbocycles. The summed E-state index contributed by atoms with van der Waals surface area (Å²) in [5.74, 6) is 0.954. The number of hydrogen-bond acceptors (Lipinski definition) is 7. The van der Waals surface area contributed by atoms with Crippen molar-refractivity contribution in [2.75, 3.05) is 43.9 Å². The van der Waals surface area contributed by atoms with Crippen LogP contribution in [-0.4, -0.2) is 50.2 Å². The maximum absolute atomic E-state index is 12.9. The van der Waals surface area contributed by atoms with Crippen LogP contribution in [0.25, 0.3) is 0 Å². The smallest absolute Gasteiger partial charge is 0.306 e. The summed E-state index contributed by atoms with van der Waals surface area (Å²) in [6.07, 6.45) is 45.2. The van der Waals surface area contributed by atoms with Gasteiger partial charge in [0.15, 0.2) is 0 Å². The number of nitrogens with one attached hydrogen (secondary N) is 2. The highest BCUT2D eigenvalue weighted by molar-refractivity contribution is 5.73. The van der Waals surface area contributed by atoms with E-state index in [1.54, 1.807) is 7.05 Å². The Morgan fingerprint density at radius 1 is 0.475 bits per heavy atom. The van der Waals surface area contributed by atoms with Gasteiger partial charge in [-0.15, -0.1) is 0 Å². The van der Waals surface area contributed by atoms with Crippen LogP contribution in [0.1, 0.15) is 259 Å². The maximum Gasteiger partial charge on any atom is 0.306 e. The predicted molar refractivity (Wildman–Crippen MR) is 258 cm³/mol. The molecule has 0 heterocycles. The van der Waals surface area contributed by atoms with E-state index in [0.29, 0.717) is 24.3 Å². The molecule has 0 amide bonds. The van der Waals surface area contributed by atoms with Gasteiger partial charge in [-0.2, -0.15) is 0 Å². The van der Waals surface area contributed by atoms with Gasteiger partial charge >= 0.3 is 5.97 Å². The van der Waals surface area contributed by atoms with Crippen LogP contribution >= 0.6 is 0 Å². The molecular formula is C52H99N3O4. The Labute approximate surface area is 365 Å². The van der Waals surface area contributed by atoms with Gasteiger partial charge < -0.3 is 20.3 Å². The lowest BCUT2D eigenvalue weighted by Gasteiger charge is -2.23. The Morgan fingerprint density at radius 2 is 0.881 bits per heavy atom. The van der Waals surface area contributed by atoms with E-state index in [4.69, 9.17) is 4.74 Å². The number of carbonyl (C=O) groups is 1. The number of esters is 1. The molecule has 1 unspecified atom stereocenters. The molecule has 0 aromatic heterocycles. The van der Waals surface area contributed by atoms with Gasteiger partial charge in [0.1, 0.15) is 17.5 Å². The number of unbranched alkanes of at least 4 members (excludes halogenated alkanes) is 23. The zero-order valence-electron chi connectivity index (χ0n) is 40.0. The fraction of sp³-hybridized carbons (Fsp3) is 0.904. The normalized spacial score (nSPS) is 12.3. The second-order valence-corrected chi connectivity index (χ2v) is 18.3. The molecule has 0 aliphatic rings. The number of hydrogen-bond donors (Lipinski definition) is 2. The SMILES string of the molecule is CCCCCCCCC(CCC)CCCCCCCN(CCCCCCCC(=O)OC(CCCCCCCC)CCCCCCCC)CCCNc1c(NC)c(=O)c1=O. The molecule has 1 rings (SSSR count). The molecule has 7 heteroatoms. The first-order valence-electron chi connectivity index (χ1n) is 26.1. The van der Waals surface area contributed by atoms with Crippen LogP contribution in [0.3, 0.4) is 0 Å². The molecule has 0 saturated heterocycles. The zero-order valence-corrected chi connectivity index (χ0v) is 40.0. The van der Waals surface area contributed by atoms with Crippen molar-refractivity contribution >= 4 is 17.3 Å². The van der Waals surface area contributed by atoms with Crippen molar-refractivity contribution in [3.8, 4) is 0 Å². The molecule has 59 heavy (non-hydrogen) atoms. The van der Waals surface area contributed by atoms with E-state index < -0.39 is 10.9 Å². The van der Waals surface area contributed by atoms with Gasteiger partial charge in [-0.25, -0.2) is 0 Å². The average Bonchev–Trinajstić information content (AvgIpc) is 3.23. The van der Waals surface area contributed by atoms with Gasteiger partial charge in [0.05, 0.1) is 0 Å². The van der Waals surface area contributed by atoms with Gasteiger partial charge in [0.25, 0.3) is 10.9 Å². The Kier molecular flexibility index (Phi) is 37.6. The Hall–Kier alpha value is -1.89. The van der Waals surface area contributed by atoms with Crippen molar-refractivity contribution in [2.24, 2.45) is 5.92 Å². The van der Waals surface area contributed by atoms with Crippen LogP contribution in [-0.2, 0) is 9.53 Å². The lowest BCUT2D eigenvalue weighted by Crippen LogP contribution is -2.37. The number of anilines is 2. The number of rotatable bonds is 46. The van der Waals surface area contributed by atoms with Gasteiger partial charge in [0, 0.05) is 20.0 Å². The number of ether oxygens (including phenoxy) is 1. The molecule has 0 spiro atoms. The Bertz CT molecular complexity index is 1130. The molecule has 0 radical (unpaired) electrons. The van der Waals surface area contributed by atoms with Crippen LogP contribution in [0.15, 0.2) is 9.59 Å². The first kappa shape index (κ1) is 55.1. The molecule has 346 valence electrons. The lowest BCUT2D eigenvalue weighted by molar-refractivity contribution is -0.150. The van der Waals surface area contributed by atoms with Crippen LogP contribution in [0.2, 0.25) is 0 Å². The molecule has 0 aliphatic carbocycles. The van der Waals surface area contributed by atoms with Gasteiger partial charge in [0.2, 0.25) is 0 Å². The van der Waals surface area contributed by atoms with Crippen LogP contribution in [0.5, 0.6) is 0 Å². The largest absolute Gasteiger partial charge is 0.462 e. The summed E-state index contributed by atoms with van der Waals surface area (Å²) in [7, 11) is 1.69. The number of carbonyl (C=O) groups excluding carboxylic acids is 1. The lowest BCUT2D eigenvalue weighted by atomic mass is 9.90. The summed E-state index contributed by atoms with van der Waals surface area (Å²) in [6.45, 7) is 13.1. The molecule has 1 aromatic carbocycles. The van der Waals surface area contributed by atoms with Crippen molar-refractivity contribution in [3.05, 3.63) is 20.4 Å². The minimum Gasteiger partial charge on any atom is -0.462 e. The molecule has 1 aromatic rings. The number of nitrogens with zero attached hydrogens (tertiary/aromatic N) is 1. The van der Waals surface area contributed by atoms with E-state index in [1.807, 2.05) is 0 Å². The van der Waals surface area contributed by atoms with Crippen molar-refractivity contribution in [2.45, 2.75) is 265 Å². The van der Waals surface area contributed by atoms with Crippen molar-refractivity contribution in [3.63, 3.8) is 0 Å². The minimum atomic E-state index is -0.414. The van der Waals surface area contributed by atoms with Gasteiger partial charge in [-0.1, -0.05) is 201 Å². The van der Waals surface area contributed by atoms with Gasteiger partial charge in [-0.05, 0) is 76.9 Å². The third kappa shape index (κ3) is 29.9. The first-order valence-corrected chi connectivity index (χ1v) is 26.1. The van der Waals surface area contributed by atoms with E-state index in [-0.39, 0.29) is 12.1 Å². The van der Waals surface area contributed by atoms with Crippen molar-refractivity contribution in [1.29, 1.82) is 0 Å². The summed E-state index contributed by atoms with van der Waals surface area (Å²) >= 11 is 0. The topological polar surface area (TPSA) is 87.7 Å². The van der Waals surface area contributed by atoms with E-state index in [1.165, 1.54) is 186 Å². The third-order valence-corrected chi connectivity index (χ3v) is 12.8. The first-order chi connectivity index (χ1) is 28.9. The summed E-state index contributed by atoms with van der Waals surface area (Å²) in [5, 5.41) is 6.08. The second kappa shape index (κ2) is 40.2. The highest BCUT2D eigenvalue weighted by Gasteiger charge is 2.19. The van der Waals surface area contributed by atoms with Crippen LogP contribution in [0, 0.1) is 5.92 Å². The average molecular weight is 830 g/mol. The fourth-order valence-corrected chi connectivity index (χ4v) is 8.95. The highest BCUT2D eigenvalue weighted by Crippen LogP contribution is 2.24. The predicted octanol–water partition coefficient (Wildman–Crippen LogP) is 14.7. The summed E-state index contributed by atoms with van der Waals surface area (Å²) < 4.78 is 6.08. The van der Waals surface area contributed by atoms with E-state index in [2.05, 4.69) is 43.2 Å². The molecule has 0 bridgehead atoms. The Balaban J connectivity index is 2.42. The van der Waals surface area contributed by atoms with Crippen molar-refractivity contribution in [1.82, 2.24) is 4.90 Å². The summed E-state index contributed by atoms with van der Waals surface area (Å²) in [6, 6.07) is 0. The molecule has 1 atom stereocenters. The maximum atomic E-state index is 12.9. The standard InChI is InChI=1S/C52H99N3O4/c1-6-10-13-16-21-28-37-46(36-9-4)38-29-22-19-26-33-43-55(45-35-42-54-50-49(53-5)51(57)52(50)58)44-34-27-20-25-32-41-48(56)59-47(39-30-23-17-14-11-7-2)40-31-24-18-15-12-8-3/h46-47,53-54H,6-45H2,1-5H3. The van der Waals surface area contributed by atoms with E-state index in [9.17, 15) is 14.4 Å². The highest BCUT2D eigenvalue weighted by atomic mass is 16.5. The Morgan fingerprint density at radius 3 is 1.36 bits per heavy atom. The van der Waals surface area contributed by atoms with Gasteiger partial charge in [-0.3, -0.25) is 14.4 Å². The molecule has 0 fully saturated rings. The quantitative estimate of drug-likeness (QED) is 0.0384. The molecular weight excluding hydrogens is 731 g/mol.